The highest BCUT2D eigenvalue weighted by Gasteiger charge is 2.25. The molecule has 1 aromatic heterocycles. The molecule has 0 aliphatic rings. The molecule has 0 radical (unpaired) electrons. The van der Waals surface area contributed by atoms with Crippen LogP contribution < -0.4 is 11.3 Å². The van der Waals surface area contributed by atoms with E-state index in [1.165, 1.54) is 0 Å². The summed E-state index contributed by atoms with van der Waals surface area (Å²) >= 11 is 6.09. The minimum absolute atomic E-state index is 0.0324. The van der Waals surface area contributed by atoms with Crippen LogP contribution >= 0.6 is 11.6 Å². The van der Waals surface area contributed by atoms with E-state index in [4.69, 9.17) is 17.4 Å². The van der Waals surface area contributed by atoms with Crippen LogP contribution in [0.15, 0.2) is 6.20 Å². The van der Waals surface area contributed by atoms with Crippen LogP contribution in [0.5, 0.6) is 0 Å². The molecule has 3 N–H and O–H groups in total. The van der Waals surface area contributed by atoms with Crippen molar-refractivity contribution in [1.29, 1.82) is 0 Å². The number of nitrogens with one attached hydrogen (secondary N) is 1. The number of nitrogens with two attached hydrogens (primary N) is 1. The predicted molar refractivity (Wildman–Crippen MR) is 62.3 cm³/mol. The first-order chi connectivity index (χ1) is 6.99. The summed E-state index contributed by atoms with van der Waals surface area (Å²) in [7, 11) is 1.87. The zero-order valence-corrected chi connectivity index (χ0v) is 10.4. The summed E-state index contributed by atoms with van der Waals surface area (Å²) < 4.78 is 1.77. The van der Waals surface area contributed by atoms with Gasteiger partial charge in [0.05, 0.1) is 23.0 Å². The standard InChI is InChI=1S/C10H19ClN4/c1-6(2)7(3)9(14-12)10-8(11)5-13-15(10)4/h5-7,9,14H,12H2,1-4H3. The number of hydrazine groups is 1. The number of aryl methyl sites for hydroxylation is 1. The topological polar surface area (TPSA) is 55.9 Å². The Bertz CT molecular complexity index is 302. The van der Waals surface area contributed by atoms with Gasteiger partial charge in [0.25, 0.3) is 0 Å². The molecule has 0 aliphatic carbocycles. The van der Waals surface area contributed by atoms with Crippen molar-refractivity contribution >= 4 is 11.6 Å². The molecule has 1 aromatic rings. The second-order valence-corrected chi connectivity index (χ2v) is 4.66. The zero-order chi connectivity index (χ0) is 11.6. The van der Waals surface area contributed by atoms with E-state index in [-0.39, 0.29) is 6.04 Å². The summed E-state index contributed by atoms with van der Waals surface area (Å²) in [6, 6.07) is 0.0324. The van der Waals surface area contributed by atoms with Gasteiger partial charge in [0.1, 0.15) is 0 Å². The molecule has 0 saturated heterocycles. The van der Waals surface area contributed by atoms with Crippen LogP contribution in [-0.4, -0.2) is 9.78 Å². The molecule has 86 valence electrons. The van der Waals surface area contributed by atoms with E-state index in [1.54, 1.807) is 10.9 Å². The first-order valence-corrected chi connectivity index (χ1v) is 5.50. The summed E-state index contributed by atoms with van der Waals surface area (Å²) in [5.74, 6) is 6.51. The maximum Gasteiger partial charge on any atom is 0.0834 e. The summed E-state index contributed by atoms with van der Waals surface area (Å²) in [4.78, 5) is 0. The van der Waals surface area contributed by atoms with E-state index >= 15 is 0 Å². The summed E-state index contributed by atoms with van der Waals surface area (Å²) in [5, 5.41) is 4.78. The van der Waals surface area contributed by atoms with Gasteiger partial charge >= 0.3 is 0 Å². The molecule has 0 aliphatic heterocycles. The molecule has 5 heteroatoms. The van der Waals surface area contributed by atoms with Gasteiger partial charge in [-0.15, -0.1) is 0 Å². The van der Waals surface area contributed by atoms with Crippen LogP contribution in [0.2, 0.25) is 5.02 Å². The molecule has 0 spiro atoms. The number of halogens is 1. The van der Waals surface area contributed by atoms with Gasteiger partial charge in [-0.05, 0) is 11.8 Å². The fraction of sp³-hybridized carbons (Fsp3) is 0.700. The summed E-state index contributed by atoms with van der Waals surface area (Å²) in [6.07, 6.45) is 1.65. The average molecular weight is 231 g/mol. The molecular weight excluding hydrogens is 212 g/mol. The van der Waals surface area contributed by atoms with E-state index in [9.17, 15) is 0 Å². The van der Waals surface area contributed by atoms with Crippen LogP contribution in [-0.2, 0) is 7.05 Å². The first kappa shape index (κ1) is 12.5. The third kappa shape index (κ3) is 2.51. The average Bonchev–Trinajstić information content (AvgIpc) is 2.50. The smallest absolute Gasteiger partial charge is 0.0834 e. The van der Waals surface area contributed by atoms with E-state index in [1.807, 2.05) is 7.05 Å². The van der Waals surface area contributed by atoms with Gasteiger partial charge in [-0.2, -0.15) is 5.10 Å². The Morgan fingerprint density at radius 1 is 1.47 bits per heavy atom. The highest BCUT2D eigenvalue weighted by molar-refractivity contribution is 6.31. The van der Waals surface area contributed by atoms with Gasteiger partial charge in [-0.25, -0.2) is 0 Å². The van der Waals surface area contributed by atoms with Crippen molar-refractivity contribution < 1.29 is 0 Å². The third-order valence-corrected chi connectivity index (χ3v) is 3.28. The van der Waals surface area contributed by atoms with Crippen LogP contribution in [0.4, 0.5) is 0 Å². The van der Waals surface area contributed by atoms with Gasteiger partial charge in [-0.3, -0.25) is 16.0 Å². The van der Waals surface area contributed by atoms with Crippen molar-refractivity contribution in [3.05, 3.63) is 16.9 Å². The lowest BCUT2D eigenvalue weighted by molar-refractivity contribution is 0.295. The second kappa shape index (κ2) is 4.96. The molecule has 0 amide bonds. The largest absolute Gasteiger partial charge is 0.271 e. The summed E-state index contributed by atoms with van der Waals surface area (Å²) in [5.41, 5.74) is 3.77. The van der Waals surface area contributed by atoms with E-state index < -0.39 is 0 Å². The van der Waals surface area contributed by atoms with E-state index in [2.05, 4.69) is 31.3 Å². The Morgan fingerprint density at radius 2 is 2.07 bits per heavy atom. The number of hydrogen-bond acceptors (Lipinski definition) is 3. The third-order valence-electron chi connectivity index (χ3n) is 2.99. The molecular formula is C10H19ClN4. The van der Waals surface area contributed by atoms with Crippen molar-refractivity contribution in [3.8, 4) is 0 Å². The van der Waals surface area contributed by atoms with E-state index in [0.717, 1.165) is 5.69 Å². The SMILES string of the molecule is CC(C)C(C)C(NN)c1c(Cl)cnn1C. The number of hydrogen-bond donors (Lipinski definition) is 2. The fourth-order valence-electron chi connectivity index (χ4n) is 1.63. The Morgan fingerprint density at radius 3 is 2.40 bits per heavy atom. The molecule has 2 unspecified atom stereocenters. The summed E-state index contributed by atoms with van der Waals surface area (Å²) in [6.45, 7) is 6.48. The Labute approximate surface area is 95.8 Å². The number of aromatic nitrogens is 2. The predicted octanol–water partition coefficient (Wildman–Crippen LogP) is 1.87. The molecule has 0 fully saturated rings. The van der Waals surface area contributed by atoms with Crippen molar-refractivity contribution in [1.82, 2.24) is 15.2 Å². The Balaban J connectivity index is 3.02. The minimum Gasteiger partial charge on any atom is -0.271 e. The maximum absolute atomic E-state index is 6.09. The number of nitrogens with zero attached hydrogens (tertiary/aromatic N) is 2. The fourth-order valence-corrected chi connectivity index (χ4v) is 1.92. The lowest BCUT2D eigenvalue weighted by Crippen LogP contribution is -2.36. The van der Waals surface area contributed by atoms with Crippen LogP contribution in [0.1, 0.15) is 32.5 Å². The molecule has 0 saturated carbocycles. The molecule has 15 heavy (non-hydrogen) atoms. The monoisotopic (exact) mass is 230 g/mol. The van der Waals surface area contributed by atoms with Crippen molar-refractivity contribution in [3.63, 3.8) is 0 Å². The second-order valence-electron chi connectivity index (χ2n) is 4.25. The molecule has 0 aromatic carbocycles. The van der Waals surface area contributed by atoms with Crippen molar-refractivity contribution in [2.75, 3.05) is 0 Å². The molecule has 4 nitrogen and oxygen atoms in total. The maximum atomic E-state index is 6.09. The van der Waals surface area contributed by atoms with Crippen LogP contribution in [0.3, 0.4) is 0 Å². The normalized spacial score (nSPS) is 15.7. The van der Waals surface area contributed by atoms with Gasteiger partial charge in [0, 0.05) is 7.05 Å². The van der Waals surface area contributed by atoms with Gasteiger partial charge < -0.3 is 0 Å². The van der Waals surface area contributed by atoms with Gasteiger partial charge in [-0.1, -0.05) is 32.4 Å². The van der Waals surface area contributed by atoms with Crippen molar-refractivity contribution in [2.24, 2.45) is 24.7 Å². The van der Waals surface area contributed by atoms with E-state index in [0.29, 0.717) is 16.9 Å². The molecule has 1 heterocycles. The first-order valence-electron chi connectivity index (χ1n) is 5.12. The van der Waals surface area contributed by atoms with Crippen molar-refractivity contribution in [2.45, 2.75) is 26.8 Å². The molecule has 0 bridgehead atoms. The Kier molecular flexibility index (Phi) is 4.13. The zero-order valence-electron chi connectivity index (χ0n) is 9.66. The number of rotatable bonds is 4. The lowest BCUT2D eigenvalue weighted by atomic mass is 9.89. The Hall–Kier alpha value is -0.580. The van der Waals surface area contributed by atoms with Gasteiger partial charge in [0.2, 0.25) is 0 Å². The van der Waals surface area contributed by atoms with Crippen LogP contribution in [0.25, 0.3) is 0 Å². The molecule has 1 rings (SSSR count). The van der Waals surface area contributed by atoms with Gasteiger partial charge in [0.15, 0.2) is 0 Å². The minimum atomic E-state index is 0.0324. The van der Waals surface area contributed by atoms with Crippen LogP contribution in [0, 0.1) is 11.8 Å². The lowest BCUT2D eigenvalue weighted by Gasteiger charge is -2.26. The highest BCUT2D eigenvalue weighted by atomic mass is 35.5. The quantitative estimate of drug-likeness (QED) is 0.613. The molecule has 2 atom stereocenters. The highest BCUT2D eigenvalue weighted by Crippen LogP contribution is 2.30.